The SMILES string of the molecule is O=C(CC1COCCN1)NC1(C(=O)O)CCOC1. The van der Waals surface area contributed by atoms with Gasteiger partial charge in [-0.05, 0) is 0 Å². The lowest BCUT2D eigenvalue weighted by atomic mass is 9.98. The van der Waals surface area contributed by atoms with E-state index in [1.165, 1.54) is 0 Å². The molecule has 2 saturated heterocycles. The third-order valence-electron chi connectivity index (χ3n) is 3.24. The summed E-state index contributed by atoms with van der Waals surface area (Å²) in [7, 11) is 0. The molecule has 2 aliphatic heterocycles. The van der Waals surface area contributed by atoms with Gasteiger partial charge in [0.05, 0.1) is 19.8 Å². The predicted octanol–water partition coefficient (Wildman–Crippen LogP) is -1.28. The highest BCUT2D eigenvalue weighted by Crippen LogP contribution is 2.19. The molecule has 2 fully saturated rings. The Bertz CT molecular complexity index is 321. The Morgan fingerprint density at radius 3 is 2.78 bits per heavy atom. The molecule has 0 aromatic heterocycles. The van der Waals surface area contributed by atoms with E-state index in [1.807, 2.05) is 0 Å². The number of carboxylic acid groups (broad SMARTS) is 1. The minimum Gasteiger partial charge on any atom is -0.479 e. The number of carboxylic acids is 1. The fourth-order valence-electron chi connectivity index (χ4n) is 2.18. The van der Waals surface area contributed by atoms with Gasteiger partial charge in [0.25, 0.3) is 0 Å². The van der Waals surface area contributed by atoms with Crippen LogP contribution in [-0.2, 0) is 19.1 Å². The normalized spacial score (nSPS) is 32.1. The van der Waals surface area contributed by atoms with Crippen LogP contribution < -0.4 is 10.6 Å². The van der Waals surface area contributed by atoms with Gasteiger partial charge in [0, 0.05) is 32.0 Å². The Hall–Kier alpha value is -1.18. The summed E-state index contributed by atoms with van der Waals surface area (Å²) in [6.07, 6.45) is 0.525. The number of carbonyl (C=O) groups is 2. The van der Waals surface area contributed by atoms with Crippen molar-refractivity contribution in [2.24, 2.45) is 0 Å². The third kappa shape index (κ3) is 2.98. The smallest absolute Gasteiger partial charge is 0.331 e. The minimum atomic E-state index is -1.26. The first-order valence-corrected chi connectivity index (χ1v) is 6.06. The Morgan fingerprint density at radius 1 is 1.39 bits per heavy atom. The van der Waals surface area contributed by atoms with E-state index in [1.54, 1.807) is 0 Å². The van der Waals surface area contributed by atoms with E-state index in [9.17, 15) is 14.7 Å². The van der Waals surface area contributed by atoms with Crippen LogP contribution in [0.25, 0.3) is 0 Å². The van der Waals surface area contributed by atoms with Crippen molar-refractivity contribution < 1.29 is 24.2 Å². The van der Waals surface area contributed by atoms with Gasteiger partial charge in [0.1, 0.15) is 0 Å². The van der Waals surface area contributed by atoms with Crippen LogP contribution in [0.1, 0.15) is 12.8 Å². The summed E-state index contributed by atoms with van der Waals surface area (Å²) in [5.74, 6) is -1.33. The van der Waals surface area contributed by atoms with Crippen molar-refractivity contribution in [1.29, 1.82) is 0 Å². The summed E-state index contributed by atoms with van der Waals surface area (Å²) in [5.41, 5.74) is -1.26. The molecule has 2 aliphatic rings. The number of rotatable bonds is 4. The maximum atomic E-state index is 11.9. The van der Waals surface area contributed by atoms with Crippen molar-refractivity contribution in [3.63, 3.8) is 0 Å². The molecule has 0 saturated carbocycles. The highest BCUT2D eigenvalue weighted by molar-refractivity contribution is 5.87. The van der Waals surface area contributed by atoms with Gasteiger partial charge in [-0.25, -0.2) is 4.79 Å². The molecule has 0 spiro atoms. The van der Waals surface area contributed by atoms with E-state index < -0.39 is 11.5 Å². The third-order valence-corrected chi connectivity index (χ3v) is 3.24. The van der Waals surface area contributed by atoms with Crippen LogP contribution in [0.2, 0.25) is 0 Å². The lowest BCUT2D eigenvalue weighted by Crippen LogP contribution is -2.56. The van der Waals surface area contributed by atoms with Crippen molar-refractivity contribution in [2.75, 3.05) is 33.0 Å². The lowest BCUT2D eigenvalue weighted by molar-refractivity contribution is -0.147. The molecule has 0 aromatic carbocycles. The van der Waals surface area contributed by atoms with Gasteiger partial charge in [0.2, 0.25) is 5.91 Å². The molecule has 7 heteroatoms. The summed E-state index contributed by atoms with van der Waals surface area (Å²) < 4.78 is 10.3. The average Bonchev–Trinajstić information content (AvgIpc) is 2.80. The van der Waals surface area contributed by atoms with E-state index in [0.717, 1.165) is 0 Å². The van der Waals surface area contributed by atoms with Crippen molar-refractivity contribution in [1.82, 2.24) is 10.6 Å². The second-order valence-corrected chi connectivity index (χ2v) is 4.67. The van der Waals surface area contributed by atoms with E-state index in [4.69, 9.17) is 9.47 Å². The van der Waals surface area contributed by atoms with Gasteiger partial charge < -0.3 is 25.2 Å². The van der Waals surface area contributed by atoms with Crippen molar-refractivity contribution in [2.45, 2.75) is 24.4 Å². The van der Waals surface area contributed by atoms with Crippen LogP contribution in [0.3, 0.4) is 0 Å². The van der Waals surface area contributed by atoms with Crippen LogP contribution in [0.15, 0.2) is 0 Å². The van der Waals surface area contributed by atoms with Gasteiger partial charge >= 0.3 is 5.97 Å². The van der Waals surface area contributed by atoms with Crippen LogP contribution >= 0.6 is 0 Å². The first kappa shape index (κ1) is 13.3. The van der Waals surface area contributed by atoms with Crippen molar-refractivity contribution >= 4 is 11.9 Å². The minimum absolute atomic E-state index is 0.0304. The molecular weight excluding hydrogens is 240 g/mol. The Kier molecular flexibility index (Phi) is 4.15. The Labute approximate surface area is 105 Å². The Morgan fingerprint density at radius 2 is 2.22 bits per heavy atom. The molecule has 2 atom stereocenters. The molecule has 0 bridgehead atoms. The second kappa shape index (κ2) is 5.64. The maximum absolute atomic E-state index is 11.9. The van der Waals surface area contributed by atoms with E-state index >= 15 is 0 Å². The number of aliphatic carboxylic acids is 1. The van der Waals surface area contributed by atoms with Gasteiger partial charge in [-0.1, -0.05) is 0 Å². The van der Waals surface area contributed by atoms with E-state index in [0.29, 0.717) is 32.8 Å². The Balaban J connectivity index is 1.87. The molecule has 18 heavy (non-hydrogen) atoms. The zero-order valence-corrected chi connectivity index (χ0v) is 10.1. The highest BCUT2D eigenvalue weighted by Gasteiger charge is 2.44. The number of ether oxygens (including phenoxy) is 2. The predicted molar refractivity (Wildman–Crippen MR) is 61.2 cm³/mol. The topological polar surface area (TPSA) is 96.9 Å². The molecule has 2 heterocycles. The molecule has 0 radical (unpaired) electrons. The van der Waals surface area contributed by atoms with Gasteiger partial charge in [0.15, 0.2) is 5.54 Å². The molecule has 0 aliphatic carbocycles. The number of hydrogen-bond acceptors (Lipinski definition) is 5. The molecule has 2 rings (SSSR count). The van der Waals surface area contributed by atoms with Gasteiger partial charge in [-0.2, -0.15) is 0 Å². The zero-order valence-electron chi connectivity index (χ0n) is 10.1. The standard InChI is InChI=1S/C11H18N2O5/c14-9(5-8-6-17-4-2-12-8)13-11(10(15)16)1-3-18-7-11/h8,12H,1-7H2,(H,13,14)(H,15,16). The number of hydrogen-bond donors (Lipinski definition) is 3. The number of carbonyl (C=O) groups excluding carboxylic acids is 1. The number of amides is 1. The quantitative estimate of drug-likeness (QED) is 0.581. The first-order valence-electron chi connectivity index (χ1n) is 6.06. The van der Waals surface area contributed by atoms with Crippen LogP contribution in [-0.4, -0.2) is 61.5 Å². The fraction of sp³-hybridized carbons (Fsp3) is 0.818. The largest absolute Gasteiger partial charge is 0.479 e. The fourth-order valence-corrected chi connectivity index (χ4v) is 2.18. The maximum Gasteiger partial charge on any atom is 0.331 e. The van der Waals surface area contributed by atoms with Crippen LogP contribution in [0.4, 0.5) is 0 Å². The average molecular weight is 258 g/mol. The molecule has 7 nitrogen and oxygen atoms in total. The lowest BCUT2D eigenvalue weighted by Gasteiger charge is -2.27. The summed E-state index contributed by atoms with van der Waals surface area (Å²) in [6.45, 7) is 2.22. The van der Waals surface area contributed by atoms with Gasteiger partial charge in [-0.3, -0.25) is 4.79 Å². The number of nitrogens with one attached hydrogen (secondary N) is 2. The van der Waals surface area contributed by atoms with Gasteiger partial charge in [-0.15, -0.1) is 0 Å². The summed E-state index contributed by atoms with van der Waals surface area (Å²) in [6, 6.07) is -0.0492. The van der Waals surface area contributed by atoms with Crippen molar-refractivity contribution in [3.8, 4) is 0 Å². The van der Waals surface area contributed by atoms with Crippen molar-refractivity contribution in [3.05, 3.63) is 0 Å². The molecular formula is C11H18N2O5. The number of morpholine rings is 1. The van der Waals surface area contributed by atoms with Crippen LogP contribution in [0, 0.1) is 0 Å². The summed E-state index contributed by atoms with van der Waals surface area (Å²) in [5, 5.41) is 14.9. The summed E-state index contributed by atoms with van der Waals surface area (Å²) in [4.78, 5) is 23.1. The second-order valence-electron chi connectivity index (χ2n) is 4.67. The van der Waals surface area contributed by atoms with Crippen LogP contribution in [0.5, 0.6) is 0 Å². The zero-order chi connectivity index (χ0) is 13.0. The molecule has 3 N–H and O–H groups in total. The molecule has 0 aromatic rings. The highest BCUT2D eigenvalue weighted by atomic mass is 16.5. The van der Waals surface area contributed by atoms with E-state index in [2.05, 4.69) is 10.6 Å². The first-order chi connectivity index (χ1) is 8.62. The van der Waals surface area contributed by atoms with E-state index in [-0.39, 0.29) is 25.0 Å². The molecule has 1 amide bonds. The monoisotopic (exact) mass is 258 g/mol. The summed E-state index contributed by atoms with van der Waals surface area (Å²) >= 11 is 0. The molecule has 102 valence electrons. The molecule has 2 unspecified atom stereocenters.